The van der Waals surface area contributed by atoms with Crippen molar-refractivity contribution in [1.29, 1.82) is 0 Å². The molecule has 164 valence electrons. The maximum Gasteiger partial charge on any atom is 0.282 e. The lowest BCUT2D eigenvalue weighted by Gasteiger charge is -2.22. The molecule has 32 heavy (non-hydrogen) atoms. The standard InChI is InChI=1S/C25H25N3O3S/c1-4-27(5-2)18-10-12-19(13-11-18)28-24(29)22(21-7-6-16-32-21)23(25(28)30)26-17-8-14-20(31-3)15-9-17/h6-16,26H,4-5H2,1-3H3. The molecule has 0 fully saturated rings. The highest BCUT2D eigenvalue weighted by molar-refractivity contribution is 7.11. The third-order valence-corrected chi connectivity index (χ3v) is 6.33. The second kappa shape index (κ2) is 9.28. The monoisotopic (exact) mass is 447 g/mol. The van der Waals surface area contributed by atoms with Crippen LogP contribution in [0.5, 0.6) is 5.75 Å². The summed E-state index contributed by atoms with van der Waals surface area (Å²) in [5.41, 5.74) is 2.97. The number of imide groups is 1. The second-order valence-corrected chi connectivity index (χ2v) is 8.16. The number of thiophene rings is 1. The molecule has 1 aromatic heterocycles. The summed E-state index contributed by atoms with van der Waals surface area (Å²) < 4.78 is 5.20. The molecule has 0 spiro atoms. The molecule has 2 aromatic carbocycles. The number of carbonyl (C=O) groups is 2. The molecule has 1 aliphatic heterocycles. The fourth-order valence-corrected chi connectivity index (χ4v) is 4.52. The number of benzene rings is 2. The van der Waals surface area contributed by atoms with Crippen molar-refractivity contribution in [2.45, 2.75) is 13.8 Å². The quantitative estimate of drug-likeness (QED) is 0.493. The van der Waals surface area contributed by atoms with E-state index in [0.29, 0.717) is 22.7 Å². The van der Waals surface area contributed by atoms with E-state index in [4.69, 9.17) is 4.74 Å². The molecule has 4 rings (SSSR count). The van der Waals surface area contributed by atoms with Crippen molar-refractivity contribution >= 4 is 45.8 Å². The first-order valence-electron chi connectivity index (χ1n) is 10.5. The van der Waals surface area contributed by atoms with Crippen molar-refractivity contribution in [3.63, 3.8) is 0 Å². The van der Waals surface area contributed by atoms with Crippen molar-refractivity contribution in [1.82, 2.24) is 0 Å². The van der Waals surface area contributed by atoms with Gasteiger partial charge in [0.15, 0.2) is 0 Å². The van der Waals surface area contributed by atoms with Gasteiger partial charge in [-0.25, -0.2) is 4.90 Å². The van der Waals surface area contributed by atoms with Crippen molar-refractivity contribution in [2.24, 2.45) is 0 Å². The summed E-state index contributed by atoms with van der Waals surface area (Å²) in [6, 6.07) is 18.5. The Labute approximate surface area is 191 Å². The van der Waals surface area contributed by atoms with E-state index in [2.05, 4.69) is 24.1 Å². The van der Waals surface area contributed by atoms with Gasteiger partial charge in [-0.2, -0.15) is 0 Å². The predicted molar refractivity (Wildman–Crippen MR) is 130 cm³/mol. The smallest absolute Gasteiger partial charge is 0.282 e. The van der Waals surface area contributed by atoms with Crippen LogP contribution in [0.3, 0.4) is 0 Å². The lowest BCUT2D eigenvalue weighted by Crippen LogP contribution is -2.32. The molecule has 0 unspecified atom stereocenters. The first-order chi connectivity index (χ1) is 15.6. The fourth-order valence-electron chi connectivity index (χ4n) is 3.75. The van der Waals surface area contributed by atoms with Crippen LogP contribution in [0.25, 0.3) is 5.57 Å². The molecule has 3 aromatic rings. The molecule has 0 bridgehead atoms. The Kier molecular flexibility index (Phi) is 6.28. The van der Waals surface area contributed by atoms with Crippen LogP contribution in [-0.2, 0) is 9.59 Å². The van der Waals surface area contributed by atoms with E-state index >= 15 is 0 Å². The summed E-state index contributed by atoms with van der Waals surface area (Å²) in [6.45, 7) is 5.97. The summed E-state index contributed by atoms with van der Waals surface area (Å²) in [4.78, 5) is 31.1. The zero-order valence-corrected chi connectivity index (χ0v) is 19.1. The minimum atomic E-state index is -0.371. The van der Waals surface area contributed by atoms with Gasteiger partial charge in [0.25, 0.3) is 11.8 Å². The molecular formula is C25H25N3O3S. The fraction of sp³-hybridized carbons (Fsp3) is 0.200. The van der Waals surface area contributed by atoms with Gasteiger partial charge in [-0.3, -0.25) is 9.59 Å². The van der Waals surface area contributed by atoms with E-state index in [-0.39, 0.29) is 17.5 Å². The van der Waals surface area contributed by atoms with Gasteiger partial charge < -0.3 is 15.0 Å². The molecule has 2 heterocycles. The average molecular weight is 448 g/mol. The normalized spacial score (nSPS) is 13.7. The van der Waals surface area contributed by atoms with Crippen LogP contribution >= 0.6 is 11.3 Å². The molecule has 0 radical (unpaired) electrons. The molecule has 7 heteroatoms. The topological polar surface area (TPSA) is 61.9 Å². The first-order valence-corrected chi connectivity index (χ1v) is 11.4. The molecular weight excluding hydrogens is 422 g/mol. The summed E-state index contributed by atoms with van der Waals surface area (Å²) in [7, 11) is 1.60. The Morgan fingerprint density at radius 1 is 0.938 bits per heavy atom. The molecule has 0 saturated carbocycles. The van der Waals surface area contributed by atoms with Crippen LogP contribution in [0, 0.1) is 0 Å². The Bertz CT molecular complexity index is 1130. The highest BCUT2D eigenvalue weighted by atomic mass is 32.1. The van der Waals surface area contributed by atoms with Crippen LogP contribution in [-0.4, -0.2) is 32.0 Å². The Hall–Kier alpha value is -3.58. The molecule has 0 saturated heterocycles. The number of amides is 2. The third-order valence-electron chi connectivity index (χ3n) is 5.45. The van der Waals surface area contributed by atoms with Gasteiger partial charge in [0.05, 0.1) is 18.4 Å². The van der Waals surface area contributed by atoms with Crippen LogP contribution in [0.4, 0.5) is 17.1 Å². The number of nitrogens with one attached hydrogen (secondary N) is 1. The number of rotatable bonds is 8. The van der Waals surface area contributed by atoms with E-state index in [9.17, 15) is 9.59 Å². The lowest BCUT2D eigenvalue weighted by molar-refractivity contribution is -0.120. The Morgan fingerprint density at radius 3 is 2.19 bits per heavy atom. The van der Waals surface area contributed by atoms with Crippen LogP contribution in [0.15, 0.2) is 71.7 Å². The molecule has 1 aliphatic rings. The van der Waals surface area contributed by atoms with Crippen molar-refractivity contribution < 1.29 is 14.3 Å². The van der Waals surface area contributed by atoms with E-state index in [1.807, 2.05) is 53.9 Å². The van der Waals surface area contributed by atoms with Crippen LogP contribution in [0.2, 0.25) is 0 Å². The molecule has 2 amide bonds. The number of carbonyl (C=O) groups excluding carboxylic acids is 2. The zero-order valence-electron chi connectivity index (χ0n) is 18.3. The van der Waals surface area contributed by atoms with E-state index in [1.54, 1.807) is 19.2 Å². The van der Waals surface area contributed by atoms with Crippen LogP contribution < -0.4 is 19.9 Å². The maximum atomic E-state index is 13.4. The average Bonchev–Trinajstić information content (AvgIpc) is 3.42. The molecule has 6 nitrogen and oxygen atoms in total. The van der Waals surface area contributed by atoms with Gasteiger partial charge >= 0.3 is 0 Å². The highest BCUT2D eigenvalue weighted by Crippen LogP contribution is 2.36. The number of nitrogens with zero attached hydrogens (tertiary/aromatic N) is 2. The summed E-state index contributed by atoms with van der Waals surface area (Å²) in [5.74, 6) is 0.0145. The summed E-state index contributed by atoms with van der Waals surface area (Å²) in [5, 5.41) is 5.06. The minimum absolute atomic E-state index is 0.274. The van der Waals surface area contributed by atoms with Gasteiger partial charge in [0.2, 0.25) is 0 Å². The highest BCUT2D eigenvalue weighted by Gasteiger charge is 2.40. The number of anilines is 3. The van der Waals surface area contributed by atoms with Crippen LogP contribution in [0.1, 0.15) is 18.7 Å². The molecule has 1 N–H and O–H groups in total. The van der Waals surface area contributed by atoms with Crippen molar-refractivity contribution in [3.8, 4) is 5.75 Å². The van der Waals surface area contributed by atoms with Gasteiger partial charge in [0, 0.05) is 29.3 Å². The van der Waals surface area contributed by atoms with Crippen molar-refractivity contribution in [2.75, 3.05) is 35.3 Å². The third kappa shape index (κ3) is 3.99. The Balaban J connectivity index is 1.69. The molecule has 0 aliphatic carbocycles. The minimum Gasteiger partial charge on any atom is -0.497 e. The van der Waals surface area contributed by atoms with Gasteiger partial charge in [-0.05, 0) is 73.8 Å². The van der Waals surface area contributed by atoms with E-state index in [0.717, 1.165) is 23.7 Å². The largest absolute Gasteiger partial charge is 0.497 e. The number of ether oxygens (including phenoxy) is 1. The summed E-state index contributed by atoms with van der Waals surface area (Å²) >= 11 is 1.43. The summed E-state index contributed by atoms with van der Waals surface area (Å²) in [6.07, 6.45) is 0. The van der Waals surface area contributed by atoms with Gasteiger partial charge in [-0.1, -0.05) is 6.07 Å². The zero-order chi connectivity index (χ0) is 22.7. The first kappa shape index (κ1) is 21.6. The van der Waals surface area contributed by atoms with Gasteiger partial charge in [-0.15, -0.1) is 11.3 Å². The van der Waals surface area contributed by atoms with E-state index < -0.39 is 0 Å². The number of hydrogen-bond donors (Lipinski definition) is 1. The lowest BCUT2D eigenvalue weighted by atomic mass is 10.2. The Morgan fingerprint density at radius 2 is 1.62 bits per heavy atom. The van der Waals surface area contributed by atoms with Crippen molar-refractivity contribution in [3.05, 3.63) is 76.6 Å². The number of hydrogen-bond acceptors (Lipinski definition) is 6. The SMILES string of the molecule is CCN(CC)c1ccc(N2C(=O)C(Nc3ccc(OC)cc3)=C(c3cccs3)C2=O)cc1. The predicted octanol–water partition coefficient (Wildman–Crippen LogP) is 5.00. The number of methoxy groups -OCH3 is 1. The second-order valence-electron chi connectivity index (χ2n) is 7.22. The maximum absolute atomic E-state index is 13.4. The van der Waals surface area contributed by atoms with Gasteiger partial charge in [0.1, 0.15) is 11.4 Å². The van der Waals surface area contributed by atoms with E-state index in [1.165, 1.54) is 16.2 Å². The molecule has 0 atom stereocenters.